The Morgan fingerprint density at radius 3 is 1.96 bits per heavy atom. The Balaban J connectivity index is 0.000000231. The molecular formula is C18H25BrN2O2. The molecule has 126 valence electrons. The molecule has 0 radical (unpaired) electrons. The van der Waals surface area contributed by atoms with Gasteiger partial charge in [-0.1, -0.05) is 33.8 Å². The minimum absolute atomic E-state index is 0.435. The molecule has 2 rings (SSSR count). The van der Waals surface area contributed by atoms with E-state index in [-0.39, 0.29) is 0 Å². The number of hydrogen-bond acceptors (Lipinski definition) is 4. The first-order valence-corrected chi connectivity index (χ1v) is 8.38. The monoisotopic (exact) mass is 380 g/mol. The molecule has 0 fully saturated rings. The zero-order chi connectivity index (χ0) is 17.4. The number of ether oxygens (including phenoxy) is 2. The van der Waals surface area contributed by atoms with Gasteiger partial charge in [-0.15, -0.1) is 0 Å². The number of hydrogen-bond donors (Lipinski definition) is 0. The highest BCUT2D eigenvalue weighted by molar-refractivity contribution is 9.10. The van der Waals surface area contributed by atoms with Crippen LogP contribution in [0.25, 0.3) is 0 Å². The second-order valence-corrected chi connectivity index (χ2v) is 6.58. The molecule has 2 aromatic heterocycles. The van der Waals surface area contributed by atoms with E-state index in [1.165, 1.54) is 0 Å². The van der Waals surface area contributed by atoms with Crippen LogP contribution in [-0.2, 0) is 0 Å². The van der Waals surface area contributed by atoms with E-state index in [0.717, 1.165) is 21.5 Å². The molecule has 0 saturated carbocycles. The largest absolute Gasteiger partial charge is 0.481 e. The lowest BCUT2D eigenvalue weighted by Crippen LogP contribution is -1.96. The van der Waals surface area contributed by atoms with Gasteiger partial charge in [0.2, 0.25) is 11.8 Å². The van der Waals surface area contributed by atoms with E-state index in [9.17, 15) is 0 Å². The predicted octanol–water partition coefficient (Wildman–Crippen LogP) is 5.19. The van der Waals surface area contributed by atoms with E-state index in [4.69, 9.17) is 9.47 Å². The van der Waals surface area contributed by atoms with Crippen LogP contribution < -0.4 is 9.47 Å². The van der Waals surface area contributed by atoms with Crippen molar-refractivity contribution in [3.63, 3.8) is 0 Å². The summed E-state index contributed by atoms with van der Waals surface area (Å²) >= 11 is 3.38. The van der Waals surface area contributed by atoms with E-state index in [2.05, 4.69) is 53.6 Å². The summed E-state index contributed by atoms with van der Waals surface area (Å²) in [6, 6.07) is 6.00. The maximum Gasteiger partial charge on any atom is 0.216 e. The third kappa shape index (κ3) is 5.82. The van der Waals surface area contributed by atoms with Crippen LogP contribution in [0.3, 0.4) is 0 Å². The topological polar surface area (TPSA) is 44.2 Å². The number of methoxy groups -OCH3 is 2. The van der Waals surface area contributed by atoms with Crippen molar-refractivity contribution in [1.82, 2.24) is 9.97 Å². The summed E-state index contributed by atoms with van der Waals surface area (Å²) in [5.74, 6) is 2.36. The van der Waals surface area contributed by atoms with Gasteiger partial charge in [0, 0.05) is 28.0 Å². The molecule has 0 N–H and O–H groups in total. The summed E-state index contributed by atoms with van der Waals surface area (Å²) in [7, 11) is 3.29. The van der Waals surface area contributed by atoms with E-state index >= 15 is 0 Å². The summed E-state index contributed by atoms with van der Waals surface area (Å²) in [6.07, 6.45) is 3.48. The highest BCUT2D eigenvalue weighted by Gasteiger charge is 2.08. The fraction of sp³-hybridized carbons (Fsp3) is 0.444. The Kier molecular flexibility index (Phi) is 8.03. The van der Waals surface area contributed by atoms with Crippen LogP contribution in [0.4, 0.5) is 0 Å². The molecule has 0 saturated heterocycles. The maximum atomic E-state index is 5.13. The Bertz CT molecular complexity index is 616. The van der Waals surface area contributed by atoms with Crippen molar-refractivity contribution < 1.29 is 9.47 Å². The van der Waals surface area contributed by atoms with Crippen LogP contribution in [0.15, 0.2) is 35.1 Å². The van der Waals surface area contributed by atoms with Gasteiger partial charge in [-0.2, -0.15) is 0 Å². The molecule has 0 atom stereocenters. The average Bonchev–Trinajstić information content (AvgIpc) is 2.55. The van der Waals surface area contributed by atoms with Crippen molar-refractivity contribution in [1.29, 1.82) is 0 Å². The highest BCUT2D eigenvalue weighted by atomic mass is 79.9. The van der Waals surface area contributed by atoms with Crippen molar-refractivity contribution in [2.45, 2.75) is 39.5 Å². The summed E-state index contributed by atoms with van der Waals surface area (Å²) in [5, 5.41) is 0. The Labute approximate surface area is 147 Å². The van der Waals surface area contributed by atoms with Gasteiger partial charge in [0.05, 0.1) is 14.2 Å². The van der Waals surface area contributed by atoms with Crippen LogP contribution >= 0.6 is 15.9 Å². The van der Waals surface area contributed by atoms with Crippen LogP contribution in [0, 0.1) is 0 Å². The van der Waals surface area contributed by atoms with Gasteiger partial charge in [0.15, 0.2) is 0 Å². The van der Waals surface area contributed by atoms with Gasteiger partial charge in [0.1, 0.15) is 0 Å². The standard InChI is InChI=1S/C9H12BrNO.C9H13NO/c1-6(2)8-4-7(10)5-11-9(8)12-3;1-7(2)8-5-4-6-10-9(8)11-3/h4-6H,1-3H3;4-7H,1-3H3. The second kappa shape index (κ2) is 9.50. The van der Waals surface area contributed by atoms with Crippen molar-refractivity contribution in [3.05, 3.63) is 46.2 Å². The van der Waals surface area contributed by atoms with E-state index in [0.29, 0.717) is 17.7 Å². The van der Waals surface area contributed by atoms with Gasteiger partial charge in [-0.25, -0.2) is 9.97 Å². The van der Waals surface area contributed by atoms with Gasteiger partial charge < -0.3 is 9.47 Å². The molecule has 2 heterocycles. The molecule has 0 spiro atoms. The first-order valence-electron chi connectivity index (χ1n) is 7.59. The Morgan fingerprint density at radius 2 is 1.48 bits per heavy atom. The summed E-state index contributed by atoms with van der Waals surface area (Å²) in [5.41, 5.74) is 2.29. The van der Waals surface area contributed by atoms with Gasteiger partial charge in [0.25, 0.3) is 0 Å². The van der Waals surface area contributed by atoms with Crippen molar-refractivity contribution in [3.8, 4) is 11.8 Å². The molecule has 0 aromatic carbocycles. The molecule has 0 aliphatic heterocycles. The van der Waals surface area contributed by atoms with Crippen LogP contribution in [-0.4, -0.2) is 24.2 Å². The number of pyridine rings is 2. The van der Waals surface area contributed by atoms with Gasteiger partial charge in [-0.05, 0) is 39.9 Å². The zero-order valence-corrected chi connectivity index (χ0v) is 16.2. The van der Waals surface area contributed by atoms with Crippen LogP contribution in [0.1, 0.15) is 50.7 Å². The fourth-order valence-corrected chi connectivity index (χ4v) is 2.39. The van der Waals surface area contributed by atoms with E-state index < -0.39 is 0 Å². The molecule has 5 heteroatoms. The third-order valence-corrected chi connectivity index (χ3v) is 3.71. The quantitative estimate of drug-likeness (QED) is 0.731. The summed E-state index contributed by atoms with van der Waals surface area (Å²) in [6.45, 7) is 8.48. The molecule has 2 aromatic rings. The number of nitrogens with zero attached hydrogens (tertiary/aromatic N) is 2. The third-order valence-electron chi connectivity index (χ3n) is 3.28. The van der Waals surface area contributed by atoms with Gasteiger partial charge >= 0.3 is 0 Å². The first-order chi connectivity index (χ1) is 10.9. The molecule has 0 aliphatic rings. The smallest absolute Gasteiger partial charge is 0.216 e. The SMILES string of the molecule is COc1ncc(Br)cc1C(C)C.COc1ncccc1C(C)C. The Morgan fingerprint density at radius 1 is 0.913 bits per heavy atom. The molecule has 0 unspecified atom stereocenters. The number of rotatable bonds is 4. The summed E-state index contributed by atoms with van der Waals surface area (Å²) in [4.78, 5) is 8.25. The van der Waals surface area contributed by atoms with Crippen molar-refractivity contribution in [2.24, 2.45) is 0 Å². The number of halogens is 1. The maximum absolute atomic E-state index is 5.13. The molecule has 4 nitrogen and oxygen atoms in total. The number of aromatic nitrogens is 2. The molecule has 0 bridgehead atoms. The minimum atomic E-state index is 0.435. The fourth-order valence-electron chi connectivity index (χ4n) is 2.04. The lowest BCUT2D eigenvalue weighted by Gasteiger charge is -2.09. The highest BCUT2D eigenvalue weighted by Crippen LogP contribution is 2.26. The average molecular weight is 381 g/mol. The lowest BCUT2D eigenvalue weighted by molar-refractivity contribution is 0.390. The Hall–Kier alpha value is -1.62. The first kappa shape index (κ1) is 19.4. The molecular weight excluding hydrogens is 356 g/mol. The normalized spacial score (nSPS) is 10.3. The molecule has 0 amide bonds. The minimum Gasteiger partial charge on any atom is -0.481 e. The van der Waals surface area contributed by atoms with Crippen molar-refractivity contribution >= 4 is 15.9 Å². The van der Waals surface area contributed by atoms with Crippen LogP contribution in [0.2, 0.25) is 0 Å². The summed E-state index contributed by atoms with van der Waals surface area (Å²) < 4.78 is 11.2. The van der Waals surface area contributed by atoms with Crippen molar-refractivity contribution in [2.75, 3.05) is 14.2 Å². The van der Waals surface area contributed by atoms with Crippen LogP contribution in [0.5, 0.6) is 11.8 Å². The molecule has 0 aliphatic carbocycles. The lowest BCUT2D eigenvalue weighted by atomic mass is 10.1. The molecule has 23 heavy (non-hydrogen) atoms. The zero-order valence-electron chi connectivity index (χ0n) is 14.6. The van der Waals surface area contributed by atoms with E-state index in [1.807, 2.05) is 18.2 Å². The second-order valence-electron chi connectivity index (χ2n) is 5.66. The van der Waals surface area contributed by atoms with E-state index in [1.54, 1.807) is 26.6 Å². The van der Waals surface area contributed by atoms with Gasteiger partial charge in [-0.3, -0.25) is 0 Å². The predicted molar refractivity (Wildman–Crippen MR) is 97.5 cm³/mol.